The minimum Gasteiger partial charge on any atom is -0.490 e. The Balaban J connectivity index is 2.55. The van der Waals surface area contributed by atoms with E-state index in [1.807, 2.05) is 6.07 Å². The number of rotatable bonds is 6. The first-order valence-corrected chi connectivity index (χ1v) is 6.54. The van der Waals surface area contributed by atoms with Crippen molar-refractivity contribution in [3.8, 4) is 5.75 Å². The Morgan fingerprint density at radius 2 is 2.00 bits per heavy atom. The fraction of sp³-hybridized carbons (Fsp3) is 0.600. The van der Waals surface area contributed by atoms with Gasteiger partial charge in [-0.25, -0.2) is 4.39 Å². The van der Waals surface area contributed by atoms with Crippen LogP contribution in [0.1, 0.15) is 39.2 Å². The molecule has 0 saturated carbocycles. The van der Waals surface area contributed by atoms with Crippen LogP contribution in [0.3, 0.4) is 0 Å². The fourth-order valence-corrected chi connectivity index (χ4v) is 1.84. The van der Waals surface area contributed by atoms with Gasteiger partial charge in [0.15, 0.2) is 11.6 Å². The van der Waals surface area contributed by atoms with Crippen molar-refractivity contribution in [1.82, 2.24) is 0 Å². The molecule has 0 aliphatic carbocycles. The van der Waals surface area contributed by atoms with Gasteiger partial charge in [-0.3, -0.25) is 0 Å². The fourth-order valence-electron chi connectivity index (χ4n) is 1.84. The maximum absolute atomic E-state index is 13.7. The van der Waals surface area contributed by atoms with Crippen LogP contribution in [0.15, 0.2) is 18.2 Å². The van der Waals surface area contributed by atoms with Crippen molar-refractivity contribution in [1.29, 1.82) is 0 Å². The Kier molecular flexibility index (Phi) is 5.60. The minimum absolute atomic E-state index is 0.290. The first-order chi connectivity index (χ1) is 8.44. The van der Waals surface area contributed by atoms with Gasteiger partial charge in [0.25, 0.3) is 0 Å². The Labute approximate surface area is 109 Å². The molecule has 0 fully saturated rings. The lowest BCUT2D eigenvalue weighted by Crippen LogP contribution is -2.10. The van der Waals surface area contributed by atoms with Crippen molar-refractivity contribution < 1.29 is 9.13 Å². The average Bonchev–Trinajstić information content (AvgIpc) is 2.26. The quantitative estimate of drug-likeness (QED) is 0.787. The highest BCUT2D eigenvalue weighted by Gasteiger charge is 2.12. The van der Waals surface area contributed by atoms with E-state index in [9.17, 15) is 4.39 Å². The third-order valence-corrected chi connectivity index (χ3v) is 2.78. The molecule has 0 aliphatic heterocycles. The zero-order valence-electron chi connectivity index (χ0n) is 11.6. The van der Waals surface area contributed by atoms with Gasteiger partial charge in [-0.05, 0) is 42.9 Å². The summed E-state index contributed by atoms with van der Waals surface area (Å²) in [6, 6.07) is 5.00. The van der Waals surface area contributed by atoms with Gasteiger partial charge in [0.05, 0.1) is 6.61 Å². The van der Waals surface area contributed by atoms with Gasteiger partial charge in [0.2, 0.25) is 0 Å². The normalized spacial score (nSPS) is 11.6. The van der Waals surface area contributed by atoms with E-state index in [4.69, 9.17) is 10.5 Å². The molecule has 0 unspecified atom stereocenters. The van der Waals surface area contributed by atoms with Gasteiger partial charge in [-0.2, -0.15) is 0 Å². The second-order valence-electron chi connectivity index (χ2n) is 5.78. The Morgan fingerprint density at radius 1 is 1.28 bits per heavy atom. The molecule has 0 spiro atoms. The second-order valence-corrected chi connectivity index (χ2v) is 5.78. The van der Waals surface area contributed by atoms with Crippen LogP contribution in [-0.2, 0) is 6.42 Å². The van der Waals surface area contributed by atoms with E-state index in [0.29, 0.717) is 30.7 Å². The van der Waals surface area contributed by atoms with Crippen LogP contribution < -0.4 is 10.5 Å². The largest absolute Gasteiger partial charge is 0.490 e. The Bertz CT molecular complexity index is 371. The topological polar surface area (TPSA) is 35.2 Å². The minimum atomic E-state index is -0.295. The van der Waals surface area contributed by atoms with Crippen LogP contribution in [0.5, 0.6) is 5.75 Å². The molecule has 0 heterocycles. The van der Waals surface area contributed by atoms with Crippen molar-refractivity contribution in [2.24, 2.45) is 11.1 Å². The summed E-state index contributed by atoms with van der Waals surface area (Å²) in [7, 11) is 0. The summed E-state index contributed by atoms with van der Waals surface area (Å²) >= 11 is 0. The summed E-state index contributed by atoms with van der Waals surface area (Å²) in [5.41, 5.74) is 6.66. The third kappa shape index (κ3) is 5.05. The third-order valence-electron chi connectivity index (χ3n) is 2.78. The molecule has 0 aliphatic rings. The molecule has 2 N–H and O–H groups in total. The number of halogens is 1. The summed E-state index contributed by atoms with van der Waals surface area (Å²) < 4.78 is 19.3. The molecule has 0 saturated heterocycles. The molecule has 1 rings (SSSR count). The molecule has 1 aromatic rings. The van der Waals surface area contributed by atoms with Crippen LogP contribution in [0.2, 0.25) is 0 Å². The molecule has 3 heteroatoms. The molecule has 18 heavy (non-hydrogen) atoms. The van der Waals surface area contributed by atoms with Crippen molar-refractivity contribution >= 4 is 0 Å². The van der Waals surface area contributed by atoms with Crippen molar-refractivity contribution in [2.45, 2.75) is 40.0 Å². The zero-order chi connectivity index (χ0) is 13.6. The average molecular weight is 253 g/mol. The second kappa shape index (κ2) is 6.74. The molecule has 0 amide bonds. The van der Waals surface area contributed by atoms with E-state index in [0.717, 1.165) is 18.4 Å². The number of nitrogens with two attached hydrogens (primary N) is 1. The van der Waals surface area contributed by atoms with Crippen LogP contribution >= 0.6 is 0 Å². The molecule has 1 aromatic carbocycles. The van der Waals surface area contributed by atoms with Crippen molar-refractivity contribution in [3.63, 3.8) is 0 Å². The number of hydrogen-bond donors (Lipinski definition) is 1. The monoisotopic (exact) mass is 253 g/mol. The number of benzene rings is 1. The number of ether oxygens (including phenoxy) is 1. The molecule has 0 bridgehead atoms. The molecule has 0 aromatic heterocycles. The lowest BCUT2D eigenvalue weighted by Gasteiger charge is -2.18. The van der Waals surface area contributed by atoms with Gasteiger partial charge in [-0.1, -0.05) is 32.9 Å². The van der Waals surface area contributed by atoms with Crippen molar-refractivity contribution in [2.75, 3.05) is 13.2 Å². The first kappa shape index (κ1) is 15.0. The van der Waals surface area contributed by atoms with Gasteiger partial charge in [0, 0.05) is 0 Å². The molecule has 102 valence electrons. The molecule has 0 atom stereocenters. The zero-order valence-corrected chi connectivity index (χ0v) is 11.6. The predicted octanol–water partition coefficient (Wildman–Crippen LogP) is 3.53. The van der Waals surface area contributed by atoms with Gasteiger partial charge in [0.1, 0.15) is 0 Å². The number of hydrogen-bond acceptors (Lipinski definition) is 2. The summed E-state index contributed by atoms with van der Waals surface area (Å²) in [5.74, 6) is 0.0774. The summed E-state index contributed by atoms with van der Waals surface area (Å²) in [4.78, 5) is 0. The molecular weight excluding hydrogens is 229 g/mol. The van der Waals surface area contributed by atoms with Crippen LogP contribution in [-0.4, -0.2) is 13.2 Å². The summed E-state index contributed by atoms with van der Waals surface area (Å²) in [6.45, 7) is 7.62. The highest BCUT2D eigenvalue weighted by atomic mass is 19.1. The van der Waals surface area contributed by atoms with E-state index < -0.39 is 0 Å². The summed E-state index contributed by atoms with van der Waals surface area (Å²) in [6.07, 6.45) is 2.64. The molecular formula is C15H24FNO. The lowest BCUT2D eigenvalue weighted by atomic mass is 9.91. The van der Waals surface area contributed by atoms with Gasteiger partial charge >= 0.3 is 0 Å². The highest BCUT2D eigenvalue weighted by Crippen LogP contribution is 2.25. The summed E-state index contributed by atoms with van der Waals surface area (Å²) in [5, 5.41) is 0. The van der Waals surface area contributed by atoms with E-state index in [1.54, 1.807) is 6.07 Å². The number of para-hydroxylation sites is 1. The Morgan fingerprint density at radius 3 is 2.61 bits per heavy atom. The van der Waals surface area contributed by atoms with Crippen LogP contribution in [0, 0.1) is 11.2 Å². The standard InChI is InChI=1S/C15H24FNO/c1-15(2,3)9-5-11-18-14-12(8-10-17)6-4-7-13(14)16/h4,6-7H,5,8-11,17H2,1-3H3. The smallest absolute Gasteiger partial charge is 0.165 e. The maximum atomic E-state index is 13.7. The van der Waals surface area contributed by atoms with Gasteiger partial charge in [-0.15, -0.1) is 0 Å². The van der Waals surface area contributed by atoms with Crippen LogP contribution in [0.4, 0.5) is 4.39 Å². The predicted molar refractivity (Wildman–Crippen MR) is 73.3 cm³/mol. The maximum Gasteiger partial charge on any atom is 0.165 e. The van der Waals surface area contributed by atoms with E-state index in [1.165, 1.54) is 6.07 Å². The molecule has 0 radical (unpaired) electrons. The highest BCUT2D eigenvalue weighted by molar-refractivity contribution is 5.35. The van der Waals surface area contributed by atoms with E-state index in [-0.39, 0.29) is 5.82 Å². The van der Waals surface area contributed by atoms with Gasteiger partial charge < -0.3 is 10.5 Å². The lowest BCUT2D eigenvalue weighted by molar-refractivity contribution is 0.258. The van der Waals surface area contributed by atoms with E-state index >= 15 is 0 Å². The first-order valence-electron chi connectivity index (χ1n) is 6.54. The Hall–Kier alpha value is -1.09. The SMILES string of the molecule is CC(C)(C)CCCOc1c(F)cccc1CCN. The van der Waals surface area contributed by atoms with Crippen LogP contribution in [0.25, 0.3) is 0 Å². The van der Waals surface area contributed by atoms with Crippen molar-refractivity contribution in [3.05, 3.63) is 29.6 Å². The molecule has 2 nitrogen and oxygen atoms in total. The van der Waals surface area contributed by atoms with E-state index in [2.05, 4.69) is 20.8 Å².